The molecule has 1 saturated heterocycles. The van der Waals surface area contributed by atoms with Gasteiger partial charge < -0.3 is 9.88 Å². The molecule has 0 aromatic carbocycles. The van der Waals surface area contributed by atoms with Gasteiger partial charge >= 0.3 is 0 Å². The molecule has 4 nitrogen and oxygen atoms in total. The minimum atomic E-state index is -0.216. The molecule has 1 aromatic heterocycles. The first kappa shape index (κ1) is 12.2. The molecule has 92 valence electrons. The van der Waals surface area contributed by atoms with Crippen LogP contribution < -0.4 is 5.43 Å². The summed E-state index contributed by atoms with van der Waals surface area (Å²) in [6.07, 6.45) is 3.03. The second-order valence-electron chi connectivity index (χ2n) is 4.24. The van der Waals surface area contributed by atoms with Crippen LogP contribution in [0.3, 0.4) is 0 Å². The molecule has 1 aliphatic rings. The highest BCUT2D eigenvalue weighted by atomic mass is 32.2. The number of pyridine rings is 1. The van der Waals surface area contributed by atoms with Crippen molar-refractivity contribution in [2.75, 3.05) is 12.3 Å². The van der Waals surface area contributed by atoms with Crippen molar-refractivity contribution in [3.05, 3.63) is 34.2 Å². The van der Waals surface area contributed by atoms with Gasteiger partial charge in [0, 0.05) is 42.0 Å². The second kappa shape index (κ2) is 4.96. The molecule has 5 heteroatoms. The first-order valence-electron chi connectivity index (χ1n) is 5.71. The lowest BCUT2D eigenvalue weighted by molar-refractivity contribution is 0.0696. The molecule has 0 spiro atoms. The average Bonchev–Trinajstić information content (AvgIpc) is 2.32. The Morgan fingerprint density at radius 1 is 1.53 bits per heavy atom. The van der Waals surface area contributed by atoms with Crippen molar-refractivity contribution in [3.8, 4) is 0 Å². The predicted octanol–water partition coefficient (Wildman–Crippen LogP) is 1.34. The smallest absolute Gasteiger partial charge is 0.259 e. The molecule has 1 N–H and O–H groups in total. The van der Waals surface area contributed by atoms with Crippen LogP contribution in [0.5, 0.6) is 0 Å². The lowest BCUT2D eigenvalue weighted by Gasteiger charge is -2.37. The van der Waals surface area contributed by atoms with E-state index in [4.69, 9.17) is 0 Å². The number of nitrogens with one attached hydrogen (secondary N) is 1. The van der Waals surface area contributed by atoms with Crippen molar-refractivity contribution < 1.29 is 4.79 Å². The van der Waals surface area contributed by atoms with Gasteiger partial charge in [0.1, 0.15) is 5.56 Å². The second-order valence-corrected chi connectivity index (χ2v) is 5.72. The highest BCUT2D eigenvalue weighted by Gasteiger charge is 2.30. The third kappa shape index (κ3) is 2.39. The van der Waals surface area contributed by atoms with Gasteiger partial charge in [-0.3, -0.25) is 9.59 Å². The largest absolute Gasteiger partial charge is 0.367 e. The van der Waals surface area contributed by atoms with Gasteiger partial charge in [-0.25, -0.2) is 0 Å². The fourth-order valence-corrected chi connectivity index (χ4v) is 3.06. The fraction of sp³-hybridized carbons (Fsp3) is 0.500. The van der Waals surface area contributed by atoms with E-state index in [0.717, 1.165) is 5.75 Å². The first-order valence-corrected chi connectivity index (χ1v) is 6.76. The number of nitrogens with zero attached hydrogens (tertiary/aromatic N) is 1. The number of hydrogen-bond acceptors (Lipinski definition) is 3. The van der Waals surface area contributed by atoms with Crippen LogP contribution in [0.4, 0.5) is 0 Å². The van der Waals surface area contributed by atoms with Crippen LogP contribution >= 0.6 is 11.8 Å². The van der Waals surface area contributed by atoms with Crippen molar-refractivity contribution in [2.24, 2.45) is 0 Å². The third-order valence-corrected chi connectivity index (χ3v) is 4.54. The summed E-state index contributed by atoms with van der Waals surface area (Å²) < 4.78 is 0. The van der Waals surface area contributed by atoms with E-state index in [0.29, 0.717) is 11.8 Å². The normalized spacial score (nSPS) is 24.7. The Hall–Kier alpha value is -1.23. The van der Waals surface area contributed by atoms with E-state index in [9.17, 15) is 9.59 Å². The van der Waals surface area contributed by atoms with E-state index in [-0.39, 0.29) is 22.9 Å². The molecule has 0 radical (unpaired) electrons. The van der Waals surface area contributed by atoms with Gasteiger partial charge in [0.05, 0.1) is 0 Å². The lowest BCUT2D eigenvalue weighted by atomic mass is 10.1. The minimum absolute atomic E-state index is 0.161. The molecule has 0 aliphatic carbocycles. The zero-order valence-corrected chi connectivity index (χ0v) is 10.8. The van der Waals surface area contributed by atoms with Gasteiger partial charge in [-0.2, -0.15) is 11.8 Å². The van der Waals surface area contributed by atoms with Gasteiger partial charge in [0.2, 0.25) is 0 Å². The standard InChI is InChI=1S/C12H16N2O2S/c1-8-9(2)17-6-5-14(8)12(16)10-7-13-4-3-11(10)15/h3-4,7-9H,5-6H2,1-2H3,(H,13,15). The molecule has 2 atom stereocenters. The van der Waals surface area contributed by atoms with Crippen LogP contribution in [0.15, 0.2) is 23.3 Å². The van der Waals surface area contributed by atoms with Crippen molar-refractivity contribution in [1.29, 1.82) is 0 Å². The highest BCUT2D eigenvalue weighted by Crippen LogP contribution is 2.24. The van der Waals surface area contributed by atoms with Crippen molar-refractivity contribution in [1.82, 2.24) is 9.88 Å². The zero-order chi connectivity index (χ0) is 12.4. The van der Waals surface area contributed by atoms with Crippen LogP contribution in [0.2, 0.25) is 0 Å². The van der Waals surface area contributed by atoms with Crippen LogP contribution in [0, 0.1) is 0 Å². The maximum Gasteiger partial charge on any atom is 0.259 e. The molecule has 1 fully saturated rings. The minimum Gasteiger partial charge on any atom is -0.367 e. The number of carbonyl (C=O) groups excluding carboxylic acids is 1. The molecule has 2 rings (SSSR count). The van der Waals surface area contributed by atoms with Gasteiger partial charge in [-0.1, -0.05) is 6.92 Å². The SMILES string of the molecule is CC1SCCN(C(=O)c2c[nH]ccc2=O)C1C. The summed E-state index contributed by atoms with van der Waals surface area (Å²) in [5.41, 5.74) is 0.0188. The summed E-state index contributed by atoms with van der Waals surface area (Å²) in [7, 11) is 0. The summed E-state index contributed by atoms with van der Waals surface area (Å²) in [5.74, 6) is 0.772. The molecule has 17 heavy (non-hydrogen) atoms. The number of carbonyl (C=O) groups is 1. The molecule has 2 heterocycles. The molecule has 1 amide bonds. The molecule has 1 aliphatic heterocycles. The van der Waals surface area contributed by atoms with Crippen molar-refractivity contribution in [3.63, 3.8) is 0 Å². The summed E-state index contributed by atoms with van der Waals surface area (Å²) in [5, 5.41) is 0.412. The Labute approximate surface area is 104 Å². The van der Waals surface area contributed by atoms with Crippen molar-refractivity contribution >= 4 is 17.7 Å². The Morgan fingerprint density at radius 2 is 2.29 bits per heavy atom. The van der Waals surface area contributed by atoms with Crippen molar-refractivity contribution in [2.45, 2.75) is 25.1 Å². The number of rotatable bonds is 1. The van der Waals surface area contributed by atoms with Crippen LogP contribution in [0.1, 0.15) is 24.2 Å². The van der Waals surface area contributed by atoms with E-state index in [1.807, 2.05) is 18.7 Å². The maximum atomic E-state index is 12.3. The van der Waals surface area contributed by atoms with E-state index >= 15 is 0 Å². The summed E-state index contributed by atoms with van der Waals surface area (Å²) >= 11 is 1.87. The molecule has 2 unspecified atom stereocenters. The van der Waals surface area contributed by atoms with E-state index in [1.165, 1.54) is 18.5 Å². The monoisotopic (exact) mass is 252 g/mol. The number of H-pyrrole nitrogens is 1. The molecule has 1 aromatic rings. The topological polar surface area (TPSA) is 53.2 Å². The highest BCUT2D eigenvalue weighted by molar-refractivity contribution is 8.00. The average molecular weight is 252 g/mol. The maximum absolute atomic E-state index is 12.3. The fourth-order valence-electron chi connectivity index (χ4n) is 1.96. The lowest BCUT2D eigenvalue weighted by Crippen LogP contribution is -2.48. The summed E-state index contributed by atoms with van der Waals surface area (Å²) in [6, 6.07) is 1.56. The summed E-state index contributed by atoms with van der Waals surface area (Å²) in [4.78, 5) is 28.5. The van der Waals surface area contributed by atoms with Gasteiger partial charge in [0.25, 0.3) is 5.91 Å². The van der Waals surface area contributed by atoms with Gasteiger partial charge in [0.15, 0.2) is 5.43 Å². The van der Waals surface area contributed by atoms with E-state index in [2.05, 4.69) is 11.9 Å². The van der Waals surface area contributed by atoms with E-state index < -0.39 is 0 Å². The molecular weight excluding hydrogens is 236 g/mol. The number of thioether (sulfide) groups is 1. The Kier molecular flexibility index (Phi) is 3.57. The summed E-state index contributed by atoms with van der Waals surface area (Å²) in [6.45, 7) is 4.86. The first-order chi connectivity index (χ1) is 8.11. The predicted molar refractivity (Wildman–Crippen MR) is 69.5 cm³/mol. The van der Waals surface area contributed by atoms with E-state index in [1.54, 1.807) is 4.90 Å². The number of aromatic amines is 1. The van der Waals surface area contributed by atoms with Gasteiger partial charge in [-0.15, -0.1) is 0 Å². The number of aromatic nitrogens is 1. The number of amides is 1. The van der Waals surface area contributed by atoms with Crippen LogP contribution in [-0.2, 0) is 0 Å². The zero-order valence-electron chi connectivity index (χ0n) is 9.97. The Bertz CT molecular complexity index is 472. The Morgan fingerprint density at radius 3 is 3.00 bits per heavy atom. The molecule has 0 saturated carbocycles. The quantitative estimate of drug-likeness (QED) is 0.820. The van der Waals surface area contributed by atoms with Crippen LogP contribution in [0.25, 0.3) is 0 Å². The molecule has 0 bridgehead atoms. The third-order valence-electron chi connectivity index (χ3n) is 3.20. The number of hydrogen-bond donors (Lipinski definition) is 1. The van der Waals surface area contributed by atoms with Crippen LogP contribution in [-0.4, -0.2) is 39.4 Å². The Balaban J connectivity index is 2.26. The molecular formula is C12H16N2O2S. The van der Waals surface area contributed by atoms with Gasteiger partial charge in [-0.05, 0) is 6.92 Å².